The number of rotatable bonds is 11. The molecule has 3 aliphatic rings. The Bertz CT molecular complexity index is 3910. The summed E-state index contributed by atoms with van der Waals surface area (Å²) in [6.07, 6.45) is -3.28. The molecule has 3 atom stereocenters. The topological polar surface area (TPSA) is 189 Å². The van der Waals surface area contributed by atoms with Crippen LogP contribution >= 0.6 is 15.9 Å². The van der Waals surface area contributed by atoms with Crippen LogP contribution in [0.2, 0.25) is 0 Å². The van der Waals surface area contributed by atoms with Gasteiger partial charge in [-0.1, -0.05) is 101 Å². The van der Waals surface area contributed by atoms with E-state index in [4.69, 9.17) is 52.1 Å². The van der Waals surface area contributed by atoms with Gasteiger partial charge in [0, 0.05) is 70.5 Å². The number of hydrogen-bond donors (Lipinski definition) is 3. The molecule has 0 saturated heterocycles. The molecule has 18 heteroatoms. The van der Waals surface area contributed by atoms with Crippen LogP contribution in [0.25, 0.3) is 32.3 Å². The lowest BCUT2D eigenvalue weighted by molar-refractivity contribution is 0.125. The summed E-state index contributed by atoms with van der Waals surface area (Å²) in [5.41, 5.74) is 8.82. The highest BCUT2D eigenvalue weighted by atomic mass is 79.9. The molecule has 0 bridgehead atoms. The fourth-order valence-corrected chi connectivity index (χ4v) is 11.2. The van der Waals surface area contributed by atoms with Crippen molar-refractivity contribution in [1.29, 1.82) is 0 Å². The Morgan fingerprint density at radius 2 is 0.720 bits per heavy atom. The standard InChI is InChI=1S/C22H21NO5.C21H18BrNO5.C21H19NO4/c1-12-17(25-2)9-13(10-18(12)26-3)21-16-11-19(27-4)14-7-5-6-8-15(14)20(16)23-22(24)28-21;1-25-16-8-11(9-17(26-2)20(16)27-3)19-14-10-15(22)12-6-4-5-7-13(12)18(14)23-21(24)28-19;1-12-17(24-2)10-14(11-18(12)25-3)20-16-9-8-13-6-4-5-7-15(13)19(16)22-21(23)26-20/h5-11,21H,1-4H3,(H,23,24);4-10,19H,1-3H3,(H,23,24);4-11,20H,1-3H3,(H,22,23). The molecule has 9 aromatic rings. The summed E-state index contributed by atoms with van der Waals surface area (Å²) in [6, 6.07) is 42.6. The predicted molar refractivity (Wildman–Crippen MR) is 317 cm³/mol. The van der Waals surface area contributed by atoms with E-state index < -0.39 is 36.6 Å². The summed E-state index contributed by atoms with van der Waals surface area (Å²) in [7, 11) is 12.7. The number of ether oxygens (including phenoxy) is 11. The molecule has 17 nitrogen and oxygen atoms in total. The normalized spacial score (nSPS) is 15.5. The Hall–Kier alpha value is -9.55. The number of methoxy groups -OCH3 is 8. The molecule has 0 radical (unpaired) electrons. The van der Waals surface area contributed by atoms with E-state index in [-0.39, 0.29) is 0 Å². The molecule has 9 aromatic carbocycles. The first-order chi connectivity index (χ1) is 39.8. The van der Waals surface area contributed by atoms with E-state index in [9.17, 15) is 14.4 Å². The number of cyclic esters (lactones) is 3. The average molecular weight is 1170 g/mol. The van der Waals surface area contributed by atoms with Crippen LogP contribution < -0.4 is 53.8 Å². The molecule has 0 fully saturated rings. The molecule has 3 heterocycles. The largest absolute Gasteiger partial charge is 0.496 e. The van der Waals surface area contributed by atoms with Crippen molar-refractivity contribution < 1.29 is 66.5 Å². The maximum absolute atomic E-state index is 12.4. The zero-order valence-electron chi connectivity index (χ0n) is 46.5. The molecule has 0 spiro atoms. The van der Waals surface area contributed by atoms with Gasteiger partial charge >= 0.3 is 18.3 Å². The highest BCUT2D eigenvalue weighted by Gasteiger charge is 2.34. The fraction of sp³-hybridized carbons (Fsp3) is 0.203. The Balaban J connectivity index is 0.000000138. The van der Waals surface area contributed by atoms with E-state index in [0.29, 0.717) is 51.6 Å². The molecule has 420 valence electrons. The fourth-order valence-electron chi connectivity index (χ4n) is 10.6. The summed E-state index contributed by atoms with van der Waals surface area (Å²) < 4.78 is 61.7. The Kier molecular flexibility index (Phi) is 16.1. The summed E-state index contributed by atoms with van der Waals surface area (Å²) >= 11 is 3.63. The van der Waals surface area contributed by atoms with Crippen molar-refractivity contribution in [3.8, 4) is 46.0 Å². The van der Waals surface area contributed by atoms with Gasteiger partial charge in [-0.25, -0.2) is 14.4 Å². The van der Waals surface area contributed by atoms with Crippen molar-refractivity contribution in [1.82, 2.24) is 0 Å². The number of hydrogen-bond acceptors (Lipinski definition) is 14. The lowest BCUT2D eigenvalue weighted by Crippen LogP contribution is -2.25. The van der Waals surface area contributed by atoms with E-state index in [2.05, 4.69) is 31.9 Å². The van der Waals surface area contributed by atoms with Crippen molar-refractivity contribution in [3.05, 3.63) is 182 Å². The Morgan fingerprint density at radius 3 is 1.16 bits per heavy atom. The van der Waals surface area contributed by atoms with E-state index >= 15 is 0 Å². The monoisotopic (exact) mass is 1170 g/mol. The zero-order valence-corrected chi connectivity index (χ0v) is 48.1. The highest BCUT2D eigenvalue weighted by Crippen LogP contribution is 2.49. The minimum absolute atomic E-state index is 0.475. The number of anilines is 3. The molecule has 3 amide bonds. The second-order valence-corrected chi connectivity index (χ2v) is 19.9. The second kappa shape index (κ2) is 23.7. The maximum atomic E-state index is 12.4. The van der Waals surface area contributed by atoms with Crippen molar-refractivity contribution in [2.75, 3.05) is 72.8 Å². The van der Waals surface area contributed by atoms with Crippen LogP contribution in [0.15, 0.2) is 138 Å². The summed E-state index contributed by atoms with van der Waals surface area (Å²) in [5, 5.41) is 14.3. The van der Waals surface area contributed by atoms with E-state index in [1.165, 1.54) is 0 Å². The van der Waals surface area contributed by atoms with Gasteiger partial charge < -0.3 is 52.1 Å². The number of halogens is 1. The molecular weight excluding hydrogens is 1110 g/mol. The molecule has 0 aromatic heterocycles. The van der Waals surface area contributed by atoms with Crippen LogP contribution in [0.5, 0.6) is 46.0 Å². The summed E-state index contributed by atoms with van der Waals surface area (Å²) in [4.78, 5) is 36.9. The van der Waals surface area contributed by atoms with Gasteiger partial charge in [0.1, 0.15) is 28.7 Å². The number of benzene rings is 9. The van der Waals surface area contributed by atoms with Gasteiger partial charge in [-0.05, 0) is 73.2 Å². The third-order valence-corrected chi connectivity index (χ3v) is 15.2. The number of amides is 3. The van der Waals surface area contributed by atoms with Crippen LogP contribution in [-0.4, -0.2) is 75.2 Å². The van der Waals surface area contributed by atoms with E-state index in [1.807, 2.05) is 135 Å². The number of carbonyl (C=O) groups is 3. The first kappa shape index (κ1) is 55.8. The summed E-state index contributed by atoms with van der Waals surface area (Å²) in [6.45, 7) is 3.84. The van der Waals surface area contributed by atoms with Gasteiger partial charge in [0.15, 0.2) is 29.8 Å². The van der Waals surface area contributed by atoms with Gasteiger partial charge in [0.2, 0.25) is 5.75 Å². The van der Waals surface area contributed by atoms with E-state index in [0.717, 1.165) is 92.8 Å². The smallest absolute Gasteiger partial charge is 0.412 e. The van der Waals surface area contributed by atoms with Crippen LogP contribution in [0.1, 0.15) is 62.8 Å². The van der Waals surface area contributed by atoms with Crippen LogP contribution in [0.4, 0.5) is 31.4 Å². The lowest BCUT2D eigenvalue weighted by Gasteiger charge is -2.29. The van der Waals surface area contributed by atoms with Gasteiger partial charge in [0.05, 0.1) is 73.9 Å². The van der Waals surface area contributed by atoms with Crippen LogP contribution in [-0.2, 0) is 14.2 Å². The summed E-state index contributed by atoms with van der Waals surface area (Å²) in [5.74, 6) is 4.89. The van der Waals surface area contributed by atoms with Crippen molar-refractivity contribution >= 4 is 83.6 Å². The third-order valence-electron chi connectivity index (χ3n) is 14.6. The van der Waals surface area contributed by atoms with Crippen LogP contribution in [0, 0.1) is 13.8 Å². The molecule has 0 aliphatic carbocycles. The quantitative estimate of drug-likeness (QED) is 0.104. The number of carbonyl (C=O) groups excluding carboxylic acids is 3. The SMILES string of the molecule is COc1cc(C2OC(=O)Nc3c2cc(Br)c2ccccc32)cc(OC)c1OC.COc1cc(C2OC(=O)Nc3c2cc(OC)c2ccccc32)cc(OC)c1C.COc1cc(C2OC(=O)Nc3c2ccc2ccccc32)cc(OC)c1C. The molecule has 82 heavy (non-hydrogen) atoms. The van der Waals surface area contributed by atoms with Crippen molar-refractivity contribution in [3.63, 3.8) is 0 Å². The first-order valence-electron chi connectivity index (χ1n) is 25.8. The van der Waals surface area contributed by atoms with Gasteiger partial charge in [-0.3, -0.25) is 16.0 Å². The van der Waals surface area contributed by atoms with Crippen molar-refractivity contribution in [2.24, 2.45) is 0 Å². The zero-order chi connectivity index (χ0) is 57.9. The number of nitrogens with one attached hydrogen (secondary N) is 3. The maximum Gasteiger partial charge on any atom is 0.412 e. The van der Waals surface area contributed by atoms with E-state index in [1.54, 1.807) is 69.0 Å². The molecule has 3 unspecified atom stereocenters. The Labute approximate surface area is 481 Å². The number of fused-ring (bicyclic) bond motifs is 9. The predicted octanol–water partition coefficient (Wildman–Crippen LogP) is 14.9. The van der Waals surface area contributed by atoms with Gasteiger partial charge in [-0.15, -0.1) is 0 Å². The molecule has 3 N–H and O–H groups in total. The second-order valence-electron chi connectivity index (χ2n) is 19.0. The lowest BCUT2D eigenvalue weighted by atomic mass is 9.93. The Morgan fingerprint density at radius 1 is 0.366 bits per heavy atom. The molecule has 12 rings (SSSR count). The minimum atomic E-state index is -0.627. The molecule has 0 saturated carbocycles. The third kappa shape index (κ3) is 10.4. The minimum Gasteiger partial charge on any atom is -0.496 e. The van der Waals surface area contributed by atoms with Gasteiger partial charge in [0.25, 0.3) is 0 Å². The molecule has 3 aliphatic heterocycles. The van der Waals surface area contributed by atoms with Crippen LogP contribution in [0.3, 0.4) is 0 Å². The van der Waals surface area contributed by atoms with Crippen molar-refractivity contribution in [2.45, 2.75) is 32.2 Å². The molecular formula is C64H58BrN3O14. The average Bonchev–Trinajstić information content (AvgIpc) is 3.47. The highest BCUT2D eigenvalue weighted by molar-refractivity contribution is 9.10. The first-order valence-corrected chi connectivity index (χ1v) is 26.6. The van der Waals surface area contributed by atoms with Gasteiger partial charge in [-0.2, -0.15) is 0 Å².